The zero-order chi connectivity index (χ0) is 19.7. The summed E-state index contributed by atoms with van der Waals surface area (Å²) in [4.78, 5) is 16.8. The van der Waals surface area contributed by atoms with E-state index in [1.165, 1.54) is 10.6 Å². The Morgan fingerprint density at radius 1 is 1.18 bits per heavy atom. The summed E-state index contributed by atoms with van der Waals surface area (Å²) in [6.45, 7) is 1.27. The summed E-state index contributed by atoms with van der Waals surface area (Å²) in [6, 6.07) is 11.9. The Hall–Kier alpha value is -2.87. The Balaban J connectivity index is 1.82. The quantitative estimate of drug-likeness (QED) is 0.717. The molecule has 1 aliphatic heterocycles. The third kappa shape index (κ3) is 3.60. The maximum atomic E-state index is 13.3. The van der Waals surface area contributed by atoms with Crippen LogP contribution in [0.1, 0.15) is 18.4 Å². The van der Waals surface area contributed by atoms with Gasteiger partial charge in [0.15, 0.2) is 0 Å². The van der Waals surface area contributed by atoms with E-state index in [0.717, 1.165) is 31.6 Å². The first-order chi connectivity index (χ1) is 13.4. The van der Waals surface area contributed by atoms with Gasteiger partial charge in [-0.15, -0.1) is 0 Å². The van der Waals surface area contributed by atoms with Crippen molar-refractivity contribution >= 4 is 16.7 Å². The fourth-order valence-corrected chi connectivity index (χ4v) is 3.23. The summed E-state index contributed by atoms with van der Waals surface area (Å²) in [5, 5.41) is 3.53. The Labute approximate surface area is 158 Å². The van der Waals surface area contributed by atoms with Gasteiger partial charge in [-0.3, -0.25) is 4.57 Å². The van der Waals surface area contributed by atoms with Crippen molar-refractivity contribution in [2.75, 3.05) is 18.5 Å². The Morgan fingerprint density at radius 3 is 2.57 bits per heavy atom. The summed E-state index contributed by atoms with van der Waals surface area (Å²) in [7, 11) is 0. The number of alkyl halides is 3. The number of anilines is 1. The van der Waals surface area contributed by atoms with Crippen LogP contribution < -0.4 is 11.0 Å². The molecule has 1 fully saturated rings. The van der Waals surface area contributed by atoms with Crippen molar-refractivity contribution in [1.29, 1.82) is 0 Å². The standard InChI is InChI=1S/C20H18F3N3O2/c21-20(22,23)13-6-7-16-17(12-13)26(14-4-2-1-3-5-14)19(27)25-18(16)24-10-8-15-9-11-28-15/h1-7,12,15H,8-11H2,(H,24,25,27). The number of para-hydroxylation sites is 1. The summed E-state index contributed by atoms with van der Waals surface area (Å²) in [5.41, 5.74) is -0.841. The van der Waals surface area contributed by atoms with Crippen LogP contribution in [0.4, 0.5) is 19.0 Å². The second kappa shape index (κ2) is 7.27. The maximum Gasteiger partial charge on any atom is 0.416 e. The number of nitrogens with zero attached hydrogens (tertiary/aromatic N) is 2. The van der Waals surface area contributed by atoms with E-state index >= 15 is 0 Å². The molecule has 2 heterocycles. The van der Waals surface area contributed by atoms with E-state index < -0.39 is 17.4 Å². The minimum absolute atomic E-state index is 0.156. The van der Waals surface area contributed by atoms with Crippen molar-refractivity contribution < 1.29 is 17.9 Å². The second-order valence-electron chi connectivity index (χ2n) is 6.64. The molecule has 1 N–H and O–H groups in total. The zero-order valence-corrected chi connectivity index (χ0v) is 14.9. The highest BCUT2D eigenvalue weighted by atomic mass is 19.4. The van der Waals surface area contributed by atoms with Crippen molar-refractivity contribution in [2.45, 2.75) is 25.1 Å². The Kier molecular flexibility index (Phi) is 4.80. The third-order valence-corrected chi connectivity index (χ3v) is 4.79. The Bertz CT molecular complexity index is 1040. The molecule has 2 aromatic carbocycles. The van der Waals surface area contributed by atoms with Crippen molar-refractivity contribution in [1.82, 2.24) is 9.55 Å². The molecule has 8 heteroatoms. The van der Waals surface area contributed by atoms with Gasteiger partial charge in [-0.2, -0.15) is 18.2 Å². The van der Waals surface area contributed by atoms with Crippen molar-refractivity contribution in [2.24, 2.45) is 0 Å². The average molecular weight is 389 g/mol. The zero-order valence-electron chi connectivity index (χ0n) is 14.9. The smallest absolute Gasteiger partial charge is 0.378 e. The molecule has 0 saturated carbocycles. The van der Waals surface area contributed by atoms with E-state index in [2.05, 4.69) is 10.3 Å². The molecule has 1 saturated heterocycles. The summed E-state index contributed by atoms with van der Waals surface area (Å²) in [6.07, 6.45) is -2.60. The third-order valence-electron chi connectivity index (χ3n) is 4.79. The number of halogens is 3. The van der Waals surface area contributed by atoms with E-state index in [4.69, 9.17) is 4.74 Å². The van der Waals surface area contributed by atoms with E-state index in [0.29, 0.717) is 17.6 Å². The van der Waals surface area contributed by atoms with Crippen LogP contribution in [0.2, 0.25) is 0 Å². The number of benzene rings is 2. The molecule has 3 aromatic rings. The van der Waals surface area contributed by atoms with Crippen molar-refractivity contribution in [3.05, 3.63) is 64.6 Å². The summed E-state index contributed by atoms with van der Waals surface area (Å²) >= 11 is 0. The maximum absolute atomic E-state index is 13.3. The van der Waals surface area contributed by atoms with Gasteiger partial charge < -0.3 is 10.1 Å². The second-order valence-corrected chi connectivity index (χ2v) is 6.64. The largest absolute Gasteiger partial charge is 0.416 e. The van der Waals surface area contributed by atoms with Gasteiger partial charge in [-0.25, -0.2) is 4.79 Å². The molecular formula is C20H18F3N3O2. The first-order valence-corrected chi connectivity index (χ1v) is 8.98. The van der Waals surface area contributed by atoms with E-state index in [1.54, 1.807) is 30.3 Å². The molecule has 28 heavy (non-hydrogen) atoms. The lowest BCUT2D eigenvalue weighted by Gasteiger charge is -2.26. The molecule has 1 unspecified atom stereocenters. The van der Waals surface area contributed by atoms with E-state index in [9.17, 15) is 18.0 Å². The van der Waals surface area contributed by atoms with Gasteiger partial charge in [-0.05, 0) is 43.2 Å². The number of ether oxygens (including phenoxy) is 1. The highest BCUT2D eigenvalue weighted by Crippen LogP contribution is 2.33. The molecule has 5 nitrogen and oxygen atoms in total. The minimum atomic E-state index is -4.51. The summed E-state index contributed by atoms with van der Waals surface area (Å²) in [5.74, 6) is 0.278. The molecule has 146 valence electrons. The first-order valence-electron chi connectivity index (χ1n) is 8.98. The monoisotopic (exact) mass is 389 g/mol. The number of rotatable bonds is 5. The molecule has 1 aromatic heterocycles. The number of hydrogen-bond donors (Lipinski definition) is 1. The molecular weight excluding hydrogens is 371 g/mol. The lowest BCUT2D eigenvalue weighted by molar-refractivity contribution is -0.137. The van der Waals surface area contributed by atoms with Crippen LogP contribution in [0.15, 0.2) is 53.3 Å². The van der Waals surface area contributed by atoms with Gasteiger partial charge in [0.1, 0.15) is 5.82 Å². The topological polar surface area (TPSA) is 56.1 Å². The van der Waals surface area contributed by atoms with Gasteiger partial charge >= 0.3 is 11.9 Å². The normalized spacial score (nSPS) is 16.8. The molecule has 0 radical (unpaired) electrons. The van der Waals surface area contributed by atoms with Crippen LogP contribution >= 0.6 is 0 Å². The molecule has 0 amide bonds. The lowest BCUT2D eigenvalue weighted by atomic mass is 10.1. The van der Waals surface area contributed by atoms with Gasteiger partial charge in [0.2, 0.25) is 0 Å². The SMILES string of the molecule is O=c1nc(NCCC2CCO2)c2ccc(C(F)(F)F)cc2n1-c1ccccc1. The van der Waals surface area contributed by atoms with E-state index in [1.807, 2.05) is 0 Å². The van der Waals surface area contributed by atoms with Crippen molar-refractivity contribution in [3.8, 4) is 5.69 Å². The number of hydrogen-bond acceptors (Lipinski definition) is 4. The number of aromatic nitrogens is 2. The first kappa shape index (κ1) is 18.5. The summed E-state index contributed by atoms with van der Waals surface area (Å²) < 4.78 is 46.3. The van der Waals surface area contributed by atoms with Crippen LogP contribution in [0.3, 0.4) is 0 Å². The predicted molar refractivity (Wildman–Crippen MR) is 99.8 cm³/mol. The van der Waals surface area contributed by atoms with Crippen LogP contribution in [-0.2, 0) is 10.9 Å². The van der Waals surface area contributed by atoms with Crippen LogP contribution in [0, 0.1) is 0 Å². The molecule has 4 rings (SSSR count). The lowest BCUT2D eigenvalue weighted by Crippen LogP contribution is -2.29. The van der Waals surface area contributed by atoms with Gasteiger partial charge in [0, 0.05) is 18.5 Å². The fraction of sp³-hybridized carbons (Fsp3) is 0.300. The highest BCUT2D eigenvalue weighted by Gasteiger charge is 2.31. The molecule has 1 aliphatic rings. The number of fused-ring (bicyclic) bond motifs is 1. The number of nitrogens with one attached hydrogen (secondary N) is 1. The molecule has 1 atom stereocenters. The average Bonchev–Trinajstić information content (AvgIpc) is 2.63. The Morgan fingerprint density at radius 2 is 1.93 bits per heavy atom. The van der Waals surface area contributed by atoms with Crippen LogP contribution in [0.5, 0.6) is 0 Å². The highest BCUT2D eigenvalue weighted by molar-refractivity contribution is 5.90. The van der Waals surface area contributed by atoms with Gasteiger partial charge in [-0.1, -0.05) is 18.2 Å². The molecule has 0 aliphatic carbocycles. The van der Waals surface area contributed by atoms with Crippen molar-refractivity contribution in [3.63, 3.8) is 0 Å². The fourth-order valence-electron chi connectivity index (χ4n) is 3.23. The van der Waals surface area contributed by atoms with Crippen LogP contribution in [-0.4, -0.2) is 28.8 Å². The van der Waals surface area contributed by atoms with Gasteiger partial charge in [0.25, 0.3) is 0 Å². The predicted octanol–water partition coefficient (Wildman–Crippen LogP) is 4.00. The molecule has 0 spiro atoms. The minimum Gasteiger partial charge on any atom is -0.378 e. The van der Waals surface area contributed by atoms with Gasteiger partial charge in [0.05, 0.1) is 22.9 Å². The van der Waals surface area contributed by atoms with E-state index in [-0.39, 0.29) is 17.4 Å². The van der Waals surface area contributed by atoms with Crippen LogP contribution in [0.25, 0.3) is 16.6 Å². The molecule has 0 bridgehead atoms.